The van der Waals surface area contributed by atoms with Gasteiger partial charge < -0.3 is 26.6 Å². The van der Waals surface area contributed by atoms with Crippen molar-refractivity contribution < 1.29 is 22.8 Å². The van der Waals surface area contributed by atoms with Crippen LogP contribution in [0.2, 0.25) is 0 Å². The lowest BCUT2D eigenvalue weighted by Crippen LogP contribution is -2.47. The molecule has 0 spiro atoms. The molecular weight excluding hydrogens is 451 g/mol. The number of alkyl halides is 3. The number of anilines is 4. The van der Waals surface area contributed by atoms with E-state index in [9.17, 15) is 22.8 Å². The van der Waals surface area contributed by atoms with Crippen LogP contribution in [0.1, 0.15) is 24.0 Å². The molecule has 12 heteroatoms. The third kappa shape index (κ3) is 6.22. The fourth-order valence-corrected chi connectivity index (χ4v) is 3.57. The van der Waals surface area contributed by atoms with E-state index in [0.717, 1.165) is 11.6 Å². The molecule has 0 unspecified atom stereocenters. The van der Waals surface area contributed by atoms with Crippen LogP contribution in [0.5, 0.6) is 0 Å². The predicted molar refractivity (Wildman–Crippen MR) is 123 cm³/mol. The van der Waals surface area contributed by atoms with Crippen molar-refractivity contribution in [3.63, 3.8) is 0 Å². The summed E-state index contributed by atoms with van der Waals surface area (Å²) in [7, 11) is 0. The molecule has 2 amide bonds. The van der Waals surface area contributed by atoms with Gasteiger partial charge in [-0.3, -0.25) is 9.59 Å². The first-order valence-corrected chi connectivity index (χ1v) is 10.6. The number of amides is 2. The average molecular weight is 477 g/mol. The zero-order valence-electron chi connectivity index (χ0n) is 18.6. The largest absolute Gasteiger partial charge is 0.421 e. The van der Waals surface area contributed by atoms with Crippen LogP contribution in [0.4, 0.5) is 36.3 Å². The van der Waals surface area contributed by atoms with Gasteiger partial charge in [0.15, 0.2) is 0 Å². The Labute approximate surface area is 194 Å². The molecule has 182 valence electrons. The molecule has 5 N–H and O–H groups in total. The normalized spacial score (nSPS) is 16.0. The van der Waals surface area contributed by atoms with E-state index < -0.39 is 23.5 Å². The Morgan fingerprint density at radius 2 is 2.09 bits per heavy atom. The summed E-state index contributed by atoms with van der Waals surface area (Å²) in [6, 6.07) is 4.60. The predicted octanol–water partition coefficient (Wildman–Crippen LogP) is 3.03. The smallest absolute Gasteiger partial charge is 0.350 e. The van der Waals surface area contributed by atoms with E-state index in [4.69, 9.17) is 5.73 Å². The molecule has 0 radical (unpaired) electrons. The molecule has 3 rings (SSSR count). The van der Waals surface area contributed by atoms with Crippen LogP contribution in [0, 0.1) is 6.92 Å². The number of piperidine rings is 1. The Morgan fingerprint density at radius 1 is 1.32 bits per heavy atom. The highest BCUT2D eigenvalue weighted by molar-refractivity contribution is 6.01. The highest BCUT2D eigenvalue weighted by atomic mass is 19.4. The number of halogens is 3. The molecular formula is C22H26F3N7O2. The molecule has 0 bridgehead atoms. The molecule has 34 heavy (non-hydrogen) atoms. The summed E-state index contributed by atoms with van der Waals surface area (Å²) in [6.07, 6.45) is -1.56. The molecule has 1 fully saturated rings. The molecule has 1 saturated heterocycles. The second-order valence-corrected chi connectivity index (χ2v) is 7.85. The van der Waals surface area contributed by atoms with Gasteiger partial charge in [0.25, 0.3) is 0 Å². The van der Waals surface area contributed by atoms with Crippen LogP contribution in [-0.2, 0) is 15.8 Å². The van der Waals surface area contributed by atoms with Gasteiger partial charge in [0.2, 0.25) is 17.8 Å². The highest BCUT2D eigenvalue weighted by Crippen LogP contribution is 2.36. The molecule has 1 atom stereocenters. The number of rotatable bonds is 7. The minimum absolute atomic E-state index is 0.0219. The van der Waals surface area contributed by atoms with E-state index in [1.165, 1.54) is 0 Å². The zero-order valence-corrected chi connectivity index (χ0v) is 18.6. The third-order valence-corrected chi connectivity index (χ3v) is 5.25. The summed E-state index contributed by atoms with van der Waals surface area (Å²) in [5, 5.41) is 8.26. The standard InChI is InChI=1S/C22H26F3N7O2/c1-3-18(33)29-17-9-13(2)6-7-16(17)30-20-15(22(23,24)25)11-27-21(31-20)28-14-5-4-8-32(12-14)19(34)10-26/h3,6-7,9,11,14H,1,4-5,8,10,12,26H2,2H3,(H,29,33)(H2,27,28,30,31)/t14-/m0/s1. The summed E-state index contributed by atoms with van der Waals surface area (Å²) >= 11 is 0. The van der Waals surface area contributed by atoms with E-state index in [1.54, 1.807) is 30.0 Å². The lowest BCUT2D eigenvalue weighted by molar-refractivity contribution is -0.137. The Hall–Kier alpha value is -3.67. The van der Waals surface area contributed by atoms with Crippen molar-refractivity contribution in [1.29, 1.82) is 0 Å². The van der Waals surface area contributed by atoms with Crippen molar-refractivity contribution in [2.45, 2.75) is 32.0 Å². The fourth-order valence-electron chi connectivity index (χ4n) is 3.57. The molecule has 1 aromatic carbocycles. The summed E-state index contributed by atoms with van der Waals surface area (Å²) < 4.78 is 41.0. The number of aryl methyl sites for hydroxylation is 1. The molecule has 0 aliphatic carbocycles. The Kier molecular flexibility index (Phi) is 7.72. The number of likely N-dealkylation sites (tertiary alicyclic amines) is 1. The molecule has 1 aromatic heterocycles. The number of benzene rings is 1. The second-order valence-electron chi connectivity index (χ2n) is 7.85. The maximum atomic E-state index is 13.7. The Bertz CT molecular complexity index is 1070. The number of hydrogen-bond acceptors (Lipinski definition) is 7. The van der Waals surface area contributed by atoms with Gasteiger partial charge >= 0.3 is 6.18 Å². The minimum Gasteiger partial charge on any atom is -0.350 e. The van der Waals surface area contributed by atoms with Crippen molar-refractivity contribution in [3.8, 4) is 0 Å². The first-order valence-electron chi connectivity index (χ1n) is 10.6. The van der Waals surface area contributed by atoms with Crippen LogP contribution < -0.4 is 21.7 Å². The lowest BCUT2D eigenvalue weighted by Gasteiger charge is -2.33. The van der Waals surface area contributed by atoms with Gasteiger partial charge in [0.1, 0.15) is 11.4 Å². The van der Waals surface area contributed by atoms with E-state index in [0.29, 0.717) is 32.1 Å². The van der Waals surface area contributed by atoms with Crippen LogP contribution >= 0.6 is 0 Å². The summed E-state index contributed by atoms with van der Waals surface area (Å²) in [6.45, 7) is 5.97. The number of aromatic nitrogens is 2. The van der Waals surface area contributed by atoms with Crippen molar-refractivity contribution in [2.24, 2.45) is 5.73 Å². The van der Waals surface area contributed by atoms with Crippen LogP contribution in [0.15, 0.2) is 37.1 Å². The van der Waals surface area contributed by atoms with E-state index in [1.807, 2.05) is 0 Å². The van der Waals surface area contributed by atoms with Crippen molar-refractivity contribution in [3.05, 3.63) is 48.2 Å². The first-order chi connectivity index (χ1) is 16.1. The highest BCUT2D eigenvalue weighted by Gasteiger charge is 2.36. The maximum absolute atomic E-state index is 13.7. The summed E-state index contributed by atoms with van der Waals surface area (Å²) in [5.74, 6) is -1.21. The van der Waals surface area contributed by atoms with Crippen LogP contribution in [-0.4, -0.2) is 52.4 Å². The number of nitrogens with two attached hydrogens (primary N) is 1. The van der Waals surface area contributed by atoms with Gasteiger partial charge in [-0.05, 0) is 43.5 Å². The molecule has 2 aromatic rings. The van der Waals surface area contributed by atoms with Gasteiger partial charge in [-0.25, -0.2) is 4.98 Å². The fraction of sp³-hybridized carbons (Fsp3) is 0.364. The number of nitrogens with zero attached hydrogens (tertiary/aromatic N) is 3. The summed E-state index contributed by atoms with van der Waals surface area (Å²) in [5.41, 5.74) is 5.64. The molecule has 1 aliphatic rings. The molecule has 2 heterocycles. The monoisotopic (exact) mass is 477 g/mol. The number of carbonyl (C=O) groups is 2. The van der Waals surface area contributed by atoms with Crippen LogP contribution in [0.25, 0.3) is 0 Å². The van der Waals surface area contributed by atoms with Gasteiger partial charge in [-0.15, -0.1) is 0 Å². The first kappa shape index (κ1) is 25.0. The number of nitrogens with one attached hydrogen (secondary N) is 3. The Balaban J connectivity index is 1.90. The summed E-state index contributed by atoms with van der Waals surface area (Å²) in [4.78, 5) is 33.2. The van der Waals surface area contributed by atoms with E-state index >= 15 is 0 Å². The SMILES string of the molecule is C=CC(=O)Nc1cc(C)ccc1Nc1nc(N[C@H]2CCCN(C(=O)CN)C2)ncc1C(F)(F)F. The molecule has 0 saturated carbocycles. The molecule has 1 aliphatic heterocycles. The van der Waals surface area contributed by atoms with Crippen molar-refractivity contribution in [1.82, 2.24) is 14.9 Å². The van der Waals surface area contributed by atoms with Crippen molar-refractivity contribution in [2.75, 3.05) is 35.6 Å². The van der Waals surface area contributed by atoms with Gasteiger partial charge in [-0.2, -0.15) is 18.2 Å². The second kappa shape index (κ2) is 10.5. The Morgan fingerprint density at radius 3 is 2.76 bits per heavy atom. The lowest BCUT2D eigenvalue weighted by atomic mass is 10.1. The van der Waals surface area contributed by atoms with Gasteiger partial charge in [0, 0.05) is 25.3 Å². The number of carbonyl (C=O) groups excluding carboxylic acids is 2. The quantitative estimate of drug-likeness (QED) is 0.452. The van der Waals surface area contributed by atoms with Gasteiger partial charge in [-0.1, -0.05) is 12.6 Å². The van der Waals surface area contributed by atoms with E-state index in [-0.39, 0.29) is 35.8 Å². The topological polar surface area (TPSA) is 125 Å². The van der Waals surface area contributed by atoms with Crippen LogP contribution in [0.3, 0.4) is 0 Å². The van der Waals surface area contributed by atoms with Gasteiger partial charge in [0.05, 0.1) is 17.9 Å². The number of hydrogen-bond donors (Lipinski definition) is 4. The maximum Gasteiger partial charge on any atom is 0.421 e. The zero-order chi connectivity index (χ0) is 24.9. The van der Waals surface area contributed by atoms with Crippen molar-refractivity contribution >= 4 is 35.0 Å². The third-order valence-electron chi connectivity index (χ3n) is 5.25. The average Bonchev–Trinajstić information content (AvgIpc) is 2.79. The minimum atomic E-state index is -4.72. The van der Waals surface area contributed by atoms with E-state index in [2.05, 4.69) is 32.5 Å². The molecule has 9 nitrogen and oxygen atoms in total.